The molecule has 2 nitrogen and oxygen atoms in total. The van der Waals surface area contributed by atoms with Gasteiger partial charge in [-0.2, -0.15) is 0 Å². The van der Waals surface area contributed by atoms with Crippen molar-refractivity contribution in [3.8, 4) is 0 Å². The van der Waals surface area contributed by atoms with Crippen molar-refractivity contribution >= 4 is 0 Å². The molecule has 19 heavy (non-hydrogen) atoms. The maximum Gasteiger partial charge on any atom is 0.0423 e. The van der Waals surface area contributed by atoms with Crippen LogP contribution in [-0.2, 0) is 0 Å². The number of rotatable bonds is 4. The van der Waals surface area contributed by atoms with Crippen molar-refractivity contribution in [1.82, 2.24) is 10.3 Å². The number of hydrogen-bond donors (Lipinski definition) is 1. The molecular weight excluding hydrogens is 232 g/mol. The molecule has 2 rings (SSSR count). The van der Waals surface area contributed by atoms with E-state index in [9.17, 15) is 0 Å². The van der Waals surface area contributed by atoms with E-state index >= 15 is 0 Å². The van der Waals surface area contributed by atoms with Gasteiger partial charge in [-0.05, 0) is 50.8 Å². The zero-order valence-corrected chi connectivity index (χ0v) is 12.7. The summed E-state index contributed by atoms with van der Waals surface area (Å²) in [4.78, 5) is 4.65. The first-order chi connectivity index (χ1) is 9.22. The average molecular weight is 260 g/mol. The van der Waals surface area contributed by atoms with Gasteiger partial charge in [-0.3, -0.25) is 4.98 Å². The number of aromatic nitrogens is 1. The molecule has 1 saturated carbocycles. The number of aryl methyl sites for hydroxylation is 2. The Bertz CT molecular complexity index is 392. The Labute approximate surface area is 118 Å². The molecule has 0 amide bonds. The lowest BCUT2D eigenvalue weighted by Gasteiger charge is -2.28. The number of hydrogen-bond acceptors (Lipinski definition) is 2. The van der Waals surface area contributed by atoms with Crippen LogP contribution < -0.4 is 5.32 Å². The van der Waals surface area contributed by atoms with Crippen LogP contribution in [0, 0.1) is 19.8 Å². The molecule has 1 fully saturated rings. The molecule has 106 valence electrons. The molecular formula is C17H28N2. The summed E-state index contributed by atoms with van der Waals surface area (Å²) >= 11 is 0. The Kier molecular flexibility index (Phi) is 5.38. The van der Waals surface area contributed by atoms with Gasteiger partial charge < -0.3 is 5.32 Å². The van der Waals surface area contributed by atoms with Crippen molar-refractivity contribution in [1.29, 1.82) is 0 Å². The second kappa shape index (κ2) is 7.04. The molecule has 2 heteroatoms. The molecule has 0 aliphatic heterocycles. The molecule has 1 atom stereocenters. The highest BCUT2D eigenvalue weighted by molar-refractivity contribution is 5.26. The fraction of sp³-hybridized carbons (Fsp3) is 0.706. The van der Waals surface area contributed by atoms with Crippen molar-refractivity contribution in [3.63, 3.8) is 0 Å². The molecule has 0 radical (unpaired) electrons. The van der Waals surface area contributed by atoms with Crippen molar-refractivity contribution in [2.75, 3.05) is 6.54 Å². The molecule has 0 saturated heterocycles. The quantitative estimate of drug-likeness (QED) is 0.816. The van der Waals surface area contributed by atoms with E-state index in [1.807, 2.05) is 0 Å². The van der Waals surface area contributed by atoms with Crippen LogP contribution in [0.3, 0.4) is 0 Å². The maximum atomic E-state index is 4.65. The molecule has 1 aliphatic rings. The van der Waals surface area contributed by atoms with Crippen LogP contribution in [0.2, 0.25) is 0 Å². The molecule has 0 aromatic carbocycles. The molecule has 1 aromatic heterocycles. The summed E-state index contributed by atoms with van der Waals surface area (Å²) in [7, 11) is 0. The average Bonchev–Trinajstić information content (AvgIpc) is 2.65. The van der Waals surface area contributed by atoms with Crippen LogP contribution in [-0.4, -0.2) is 11.5 Å². The van der Waals surface area contributed by atoms with E-state index in [-0.39, 0.29) is 0 Å². The van der Waals surface area contributed by atoms with E-state index in [4.69, 9.17) is 0 Å². The van der Waals surface area contributed by atoms with Crippen LogP contribution >= 0.6 is 0 Å². The topological polar surface area (TPSA) is 24.9 Å². The predicted molar refractivity (Wildman–Crippen MR) is 81.3 cm³/mol. The Hall–Kier alpha value is -0.890. The third-order valence-corrected chi connectivity index (χ3v) is 4.40. The fourth-order valence-corrected chi connectivity index (χ4v) is 3.42. The molecule has 1 aromatic rings. The van der Waals surface area contributed by atoms with Crippen LogP contribution in [0.1, 0.15) is 68.4 Å². The molecule has 1 heterocycles. The number of nitrogens with zero attached hydrogens (tertiary/aromatic N) is 1. The highest BCUT2D eigenvalue weighted by Crippen LogP contribution is 2.34. The molecule has 1 aliphatic carbocycles. The Morgan fingerprint density at radius 2 is 1.84 bits per heavy atom. The van der Waals surface area contributed by atoms with Gasteiger partial charge in [0.05, 0.1) is 0 Å². The van der Waals surface area contributed by atoms with E-state index in [0.717, 1.165) is 18.2 Å². The smallest absolute Gasteiger partial charge is 0.0423 e. The number of pyridine rings is 1. The van der Waals surface area contributed by atoms with E-state index in [2.05, 4.69) is 43.2 Å². The Balaban J connectivity index is 2.22. The third-order valence-electron chi connectivity index (χ3n) is 4.40. The lowest BCUT2D eigenvalue weighted by molar-refractivity contribution is 0.328. The lowest BCUT2D eigenvalue weighted by Crippen LogP contribution is -2.29. The predicted octanol–water partition coefficient (Wildman–Crippen LogP) is 4.32. The van der Waals surface area contributed by atoms with Gasteiger partial charge in [-0.25, -0.2) is 0 Å². The van der Waals surface area contributed by atoms with E-state index < -0.39 is 0 Å². The first-order valence-corrected chi connectivity index (χ1v) is 7.90. The fourth-order valence-electron chi connectivity index (χ4n) is 3.42. The summed E-state index contributed by atoms with van der Waals surface area (Å²) in [6.45, 7) is 7.48. The minimum Gasteiger partial charge on any atom is -0.310 e. The van der Waals surface area contributed by atoms with Gasteiger partial charge in [0.15, 0.2) is 0 Å². The van der Waals surface area contributed by atoms with Gasteiger partial charge in [-0.15, -0.1) is 0 Å². The van der Waals surface area contributed by atoms with Crippen molar-refractivity contribution in [3.05, 3.63) is 29.1 Å². The van der Waals surface area contributed by atoms with Gasteiger partial charge >= 0.3 is 0 Å². The summed E-state index contributed by atoms with van der Waals surface area (Å²) in [5, 5.41) is 3.72. The minimum atomic E-state index is 0.496. The zero-order valence-electron chi connectivity index (χ0n) is 12.7. The Morgan fingerprint density at radius 1 is 1.16 bits per heavy atom. The van der Waals surface area contributed by atoms with Crippen LogP contribution in [0.4, 0.5) is 0 Å². The van der Waals surface area contributed by atoms with Crippen LogP contribution in [0.25, 0.3) is 0 Å². The molecule has 1 N–H and O–H groups in total. The van der Waals surface area contributed by atoms with Gasteiger partial charge in [-0.1, -0.05) is 38.7 Å². The van der Waals surface area contributed by atoms with Crippen molar-refractivity contribution in [2.45, 2.75) is 65.3 Å². The van der Waals surface area contributed by atoms with E-state index in [1.54, 1.807) is 0 Å². The second-order valence-corrected chi connectivity index (χ2v) is 5.91. The standard InChI is InChI=1S/C17H28N2/c1-4-18-17(15-9-7-5-6-8-10-15)16-12-11-13(2)19-14(16)3/h11-12,15,17-18H,4-10H2,1-3H3. The molecule has 0 spiro atoms. The Morgan fingerprint density at radius 3 is 2.42 bits per heavy atom. The normalized spacial score (nSPS) is 19.1. The van der Waals surface area contributed by atoms with Crippen LogP contribution in [0.15, 0.2) is 12.1 Å². The highest BCUT2D eigenvalue weighted by atomic mass is 14.9. The molecule has 1 unspecified atom stereocenters. The van der Waals surface area contributed by atoms with Gasteiger partial charge in [0, 0.05) is 17.4 Å². The van der Waals surface area contributed by atoms with E-state index in [0.29, 0.717) is 6.04 Å². The van der Waals surface area contributed by atoms with Crippen molar-refractivity contribution < 1.29 is 0 Å². The largest absolute Gasteiger partial charge is 0.310 e. The minimum absolute atomic E-state index is 0.496. The van der Waals surface area contributed by atoms with Crippen LogP contribution in [0.5, 0.6) is 0 Å². The number of nitrogens with one attached hydrogen (secondary N) is 1. The summed E-state index contributed by atoms with van der Waals surface area (Å²) in [5.74, 6) is 0.783. The second-order valence-electron chi connectivity index (χ2n) is 5.91. The summed E-state index contributed by atoms with van der Waals surface area (Å²) < 4.78 is 0. The van der Waals surface area contributed by atoms with E-state index in [1.165, 1.54) is 49.8 Å². The summed E-state index contributed by atoms with van der Waals surface area (Å²) in [6, 6.07) is 4.94. The summed E-state index contributed by atoms with van der Waals surface area (Å²) in [6.07, 6.45) is 8.35. The monoisotopic (exact) mass is 260 g/mol. The SMILES string of the molecule is CCNC(c1ccc(C)nc1C)C1CCCCCC1. The van der Waals surface area contributed by atoms with Gasteiger partial charge in [0.1, 0.15) is 0 Å². The maximum absolute atomic E-state index is 4.65. The summed E-state index contributed by atoms with van der Waals surface area (Å²) in [5.41, 5.74) is 3.74. The van der Waals surface area contributed by atoms with Gasteiger partial charge in [0.25, 0.3) is 0 Å². The first-order valence-electron chi connectivity index (χ1n) is 7.90. The first kappa shape index (κ1) is 14.5. The lowest BCUT2D eigenvalue weighted by atomic mass is 9.86. The molecule has 0 bridgehead atoms. The highest BCUT2D eigenvalue weighted by Gasteiger charge is 2.24. The third kappa shape index (κ3) is 3.79. The van der Waals surface area contributed by atoms with Crippen molar-refractivity contribution in [2.24, 2.45) is 5.92 Å². The zero-order chi connectivity index (χ0) is 13.7. The van der Waals surface area contributed by atoms with Gasteiger partial charge in [0.2, 0.25) is 0 Å².